The summed E-state index contributed by atoms with van der Waals surface area (Å²) >= 11 is 6.81. The Kier molecular flexibility index (Phi) is 3.78. The molecule has 0 fully saturated rings. The van der Waals surface area contributed by atoms with E-state index < -0.39 is 10.7 Å². The lowest BCUT2D eigenvalue weighted by molar-refractivity contribution is -0.385. The number of pyridine rings is 1. The highest BCUT2D eigenvalue weighted by Gasteiger charge is 2.11. The van der Waals surface area contributed by atoms with E-state index in [4.69, 9.17) is 11.6 Å². The Morgan fingerprint density at radius 1 is 1.33 bits per heavy atom. The van der Waals surface area contributed by atoms with E-state index in [1.807, 2.05) is 0 Å². The van der Waals surface area contributed by atoms with Gasteiger partial charge in [0.25, 0.3) is 5.69 Å². The molecule has 0 aliphatic carbocycles. The standard InChI is InChI=1S/C11H6ClFN2O2S/c12-7-1-2-11(14-6-7)18-10-4-8(13)3-9(5-10)15(16)17/h1-6H. The molecule has 0 spiro atoms. The maximum absolute atomic E-state index is 13.2. The molecule has 0 radical (unpaired) electrons. The predicted molar refractivity (Wildman–Crippen MR) is 66.4 cm³/mol. The molecule has 0 atom stereocenters. The quantitative estimate of drug-likeness (QED) is 0.633. The van der Waals surface area contributed by atoms with Crippen molar-refractivity contribution in [2.45, 2.75) is 9.92 Å². The van der Waals surface area contributed by atoms with Crippen molar-refractivity contribution < 1.29 is 9.31 Å². The number of non-ortho nitro benzene ring substituents is 1. The highest BCUT2D eigenvalue weighted by atomic mass is 35.5. The fraction of sp³-hybridized carbons (Fsp3) is 0. The minimum absolute atomic E-state index is 0.286. The van der Waals surface area contributed by atoms with Crippen LogP contribution in [0.3, 0.4) is 0 Å². The van der Waals surface area contributed by atoms with E-state index in [1.54, 1.807) is 12.1 Å². The fourth-order valence-corrected chi connectivity index (χ4v) is 2.20. The Hall–Kier alpha value is -1.66. The maximum atomic E-state index is 13.2. The first-order valence-electron chi connectivity index (χ1n) is 4.79. The molecule has 0 amide bonds. The third-order valence-electron chi connectivity index (χ3n) is 1.99. The number of nitrogens with zero attached hydrogens (tertiary/aromatic N) is 2. The summed E-state index contributed by atoms with van der Waals surface area (Å²) in [6, 6.07) is 6.69. The second-order valence-electron chi connectivity index (χ2n) is 3.32. The molecule has 1 heterocycles. The lowest BCUT2D eigenvalue weighted by Crippen LogP contribution is -1.90. The highest BCUT2D eigenvalue weighted by Crippen LogP contribution is 2.30. The van der Waals surface area contributed by atoms with Gasteiger partial charge in [-0.3, -0.25) is 10.1 Å². The molecular formula is C11H6ClFN2O2S. The molecule has 0 saturated heterocycles. The van der Waals surface area contributed by atoms with Crippen LogP contribution in [0.2, 0.25) is 5.02 Å². The van der Waals surface area contributed by atoms with Gasteiger partial charge in [-0.2, -0.15) is 0 Å². The molecule has 4 nitrogen and oxygen atoms in total. The van der Waals surface area contributed by atoms with Crippen LogP contribution >= 0.6 is 23.4 Å². The van der Waals surface area contributed by atoms with Crippen molar-refractivity contribution in [3.8, 4) is 0 Å². The third-order valence-corrected chi connectivity index (χ3v) is 3.14. The molecule has 0 bridgehead atoms. The molecule has 0 saturated carbocycles. The van der Waals surface area contributed by atoms with Crippen LogP contribution in [0.4, 0.5) is 10.1 Å². The zero-order chi connectivity index (χ0) is 13.1. The van der Waals surface area contributed by atoms with E-state index in [0.717, 1.165) is 17.8 Å². The summed E-state index contributed by atoms with van der Waals surface area (Å²) in [6.07, 6.45) is 1.46. The van der Waals surface area contributed by atoms with Crippen LogP contribution in [0.15, 0.2) is 46.5 Å². The number of hydrogen-bond donors (Lipinski definition) is 0. The van der Waals surface area contributed by atoms with E-state index in [0.29, 0.717) is 14.9 Å². The van der Waals surface area contributed by atoms with Gasteiger partial charge in [-0.05, 0) is 18.2 Å². The van der Waals surface area contributed by atoms with Crippen LogP contribution in [0, 0.1) is 15.9 Å². The molecule has 2 rings (SSSR count). The fourth-order valence-electron chi connectivity index (χ4n) is 1.26. The first-order chi connectivity index (χ1) is 8.54. The Morgan fingerprint density at radius 3 is 2.72 bits per heavy atom. The summed E-state index contributed by atoms with van der Waals surface area (Å²) in [7, 11) is 0. The Morgan fingerprint density at radius 2 is 2.11 bits per heavy atom. The molecule has 92 valence electrons. The van der Waals surface area contributed by atoms with Crippen molar-refractivity contribution in [3.63, 3.8) is 0 Å². The number of hydrogen-bond acceptors (Lipinski definition) is 4. The van der Waals surface area contributed by atoms with Gasteiger partial charge in [0.1, 0.15) is 10.8 Å². The average Bonchev–Trinajstić information content (AvgIpc) is 2.31. The molecule has 2 aromatic rings. The topological polar surface area (TPSA) is 56.0 Å². The van der Waals surface area contributed by atoms with Gasteiger partial charge < -0.3 is 0 Å². The van der Waals surface area contributed by atoms with Crippen molar-refractivity contribution in [2.75, 3.05) is 0 Å². The van der Waals surface area contributed by atoms with Gasteiger partial charge in [0.15, 0.2) is 0 Å². The smallest absolute Gasteiger partial charge is 0.258 e. The van der Waals surface area contributed by atoms with Crippen molar-refractivity contribution >= 4 is 29.1 Å². The second kappa shape index (κ2) is 5.32. The lowest BCUT2D eigenvalue weighted by atomic mass is 10.3. The molecule has 1 aromatic carbocycles. The zero-order valence-corrected chi connectivity index (χ0v) is 10.4. The summed E-state index contributed by atoms with van der Waals surface area (Å²) in [6.45, 7) is 0. The van der Waals surface area contributed by atoms with Gasteiger partial charge in [0.05, 0.1) is 16.0 Å². The normalized spacial score (nSPS) is 10.3. The monoisotopic (exact) mass is 284 g/mol. The molecule has 0 aliphatic heterocycles. The summed E-state index contributed by atoms with van der Waals surface area (Å²) in [5, 5.41) is 11.7. The van der Waals surface area contributed by atoms with Crippen LogP contribution in [-0.2, 0) is 0 Å². The number of aromatic nitrogens is 1. The first-order valence-corrected chi connectivity index (χ1v) is 5.98. The molecule has 7 heteroatoms. The maximum Gasteiger partial charge on any atom is 0.273 e. The summed E-state index contributed by atoms with van der Waals surface area (Å²) < 4.78 is 13.2. The number of nitro groups is 1. The van der Waals surface area contributed by atoms with Crippen LogP contribution in [-0.4, -0.2) is 9.91 Å². The van der Waals surface area contributed by atoms with Crippen molar-refractivity contribution in [1.82, 2.24) is 4.98 Å². The van der Waals surface area contributed by atoms with Crippen molar-refractivity contribution in [1.29, 1.82) is 0 Å². The van der Waals surface area contributed by atoms with Crippen LogP contribution in [0.5, 0.6) is 0 Å². The van der Waals surface area contributed by atoms with Gasteiger partial charge >= 0.3 is 0 Å². The average molecular weight is 285 g/mol. The van der Waals surface area contributed by atoms with Gasteiger partial charge in [-0.1, -0.05) is 23.4 Å². The van der Waals surface area contributed by atoms with Gasteiger partial charge in [-0.15, -0.1) is 0 Å². The van der Waals surface area contributed by atoms with E-state index >= 15 is 0 Å². The second-order valence-corrected chi connectivity index (χ2v) is 4.85. The SMILES string of the molecule is O=[N+]([O-])c1cc(F)cc(Sc2ccc(Cl)cn2)c1. The minimum atomic E-state index is -0.652. The van der Waals surface area contributed by atoms with Gasteiger partial charge in [0, 0.05) is 17.2 Å². The Labute approximate surface area is 111 Å². The number of rotatable bonds is 3. The third kappa shape index (κ3) is 3.18. The predicted octanol–water partition coefficient (Wildman–Crippen LogP) is 3.93. The van der Waals surface area contributed by atoms with E-state index in [-0.39, 0.29) is 5.69 Å². The van der Waals surface area contributed by atoms with Crippen molar-refractivity contribution in [2.24, 2.45) is 0 Å². The van der Waals surface area contributed by atoms with Gasteiger partial charge in [-0.25, -0.2) is 9.37 Å². The molecule has 18 heavy (non-hydrogen) atoms. The Bertz CT molecular complexity index is 592. The largest absolute Gasteiger partial charge is 0.273 e. The summed E-state index contributed by atoms with van der Waals surface area (Å²) in [4.78, 5) is 14.4. The summed E-state index contributed by atoms with van der Waals surface area (Å²) in [5.74, 6) is -0.652. The molecule has 0 unspecified atom stereocenters. The van der Waals surface area contributed by atoms with Crippen LogP contribution < -0.4 is 0 Å². The first kappa shape index (κ1) is 12.8. The molecule has 0 N–H and O–H groups in total. The molecule has 1 aromatic heterocycles. The minimum Gasteiger partial charge on any atom is -0.258 e. The number of halogens is 2. The van der Waals surface area contributed by atoms with E-state index in [1.165, 1.54) is 18.3 Å². The summed E-state index contributed by atoms with van der Waals surface area (Å²) in [5.41, 5.74) is -0.286. The lowest BCUT2D eigenvalue weighted by Gasteiger charge is -2.01. The van der Waals surface area contributed by atoms with Crippen molar-refractivity contribution in [3.05, 3.63) is 57.5 Å². The Balaban J connectivity index is 2.28. The zero-order valence-electron chi connectivity index (χ0n) is 8.84. The van der Waals surface area contributed by atoms with Crippen LogP contribution in [0.25, 0.3) is 0 Å². The van der Waals surface area contributed by atoms with Gasteiger partial charge in [0.2, 0.25) is 0 Å². The van der Waals surface area contributed by atoms with E-state index in [2.05, 4.69) is 4.98 Å². The van der Waals surface area contributed by atoms with Crippen LogP contribution in [0.1, 0.15) is 0 Å². The molecule has 0 aliphatic rings. The highest BCUT2D eigenvalue weighted by molar-refractivity contribution is 7.99. The number of nitro benzene ring substituents is 1. The molecular weight excluding hydrogens is 279 g/mol. The number of benzene rings is 1. The van der Waals surface area contributed by atoms with E-state index in [9.17, 15) is 14.5 Å².